The first-order valence-corrected chi connectivity index (χ1v) is 19.6. The Hall–Kier alpha value is -6.31. The van der Waals surface area contributed by atoms with Crippen LogP contribution in [-0.2, 0) is 4.74 Å². The maximum absolute atomic E-state index is 12.6. The zero-order valence-corrected chi connectivity index (χ0v) is 34.0. The predicted octanol–water partition coefficient (Wildman–Crippen LogP) is 8.99. The number of ether oxygens (including phenoxy) is 1. The van der Waals surface area contributed by atoms with E-state index in [1.54, 1.807) is 48.9 Å². The summed E-state index contributed by atoms with van der Waals surface area (Å²) in [6.45, 7) is 11.3. The first-order valence-electron chi connectivity index (χ1n) is 17.9. The number of amides is 2. The average molecular weight is 824 g/mol. The van der Waals surface area contributed by atoms with Crippen molar-refractivity contribution in [1.29, 1.82) is 5.26 Å². The first kappa shape index (κ1) is 44.4. The largest absolute Gasteiger partial charge is 0.464 e. The van der Waals surface area contributed by atoms with Crippen LogP contribution >= 0.6 is 22.7 Å². The number of aromatic nitrogens is 4. The number of hydrogen-bond donors (Lipinski definition) is 2. The molecule has 4 heterocycles. The maximum atomic E-state index is 12.6. The molecule has 0 saturated carbocycles. The molecule has 2 atom stereocenters. The summed E-state index contributed by atoms with van der Waals surface area (Å²) in [5.74, 6) is 0.170. The third-order valence-electron chi connectivity index (χ3n) is 8.47. The Balaban J connectivity index is 0.000000252. The van der Waals surface area contributed by atoms with Gasteiger partial charge in [-0.05, 0) is 49.9 Å². The molecule has 0 spiro atoms. The van der Waals surface area contributed by atoms with Gasteiger partial charge in [-0.25, -0.2) is 24.7 Å². The van der Waals surface area contributed by atoms with E-state index >= 15 is 0 Å². The van der Waals surface area contributed by atoms with Crippen LogP contribution < -0.4 is 10.6 Å². The Kier molecular flexibility index (Phi) is 15.5. The minimum absolute atomic E-state index is 0. The highest BCUT2D eigenvalue weighted by Crippen LogP contribution is 2.32. The Labute approximate surface area is 344 Å². The van der Waals surface area contributed by atoms with Gasteiger partial charge in [0.05, 0.1) is 25.3 Å². The van der Waals surface area contributed by atoms with Crippen molar-refractivity contribution in [2.24, 2.45) is 11.8 Å². The normalized spacial score (nSPS) is 11.7. The Bertz CT molecular complexity index is 2370. The fraction of sp³-hybridized carbons (Fsp3) is 0.310. The van der Waals surface area contributed by atoms with Crippen molar-refractivity contribution in [2.45, 2.75) is 67.5 Å². The summed E-state index contributed by atoms with van der Waals surface area (Å²) < 4.78 is 15.9. The molecule has 2 aromatic carbocycles. The number of Topliss-reactive ketones (excluding diaryl/α,β-unsaturated/α-hetero) is 1. The molecule has 0 saturated heterocycles. The summed E-state index contributed by atoms with van der Waals surface area (Å²) in [5.41, 5.74) is 2.45. The number of aryl methyl sites for hydroxylation is 2. The van der Waals surface area contributed by atoms with Crippen LogP contribution in [0.5, 0.6) is 0 Å². The fourth-order valence-corrected chi connectivity index (χ4v) is 7.45. The van der Waals surface area contributed by atoms with E-state index < -0.39 is 5.97 Å². The third kappa shape index (κ3) is 10.7. The van der Waals surface area contributed by atoms with Crippen LogP contribution in [0.1, 0.15) is 117 Å². The van der Waals surface area contributed by atoms with Crippen molar-refractivity contribution in [3.63, 3.8) is 0 Å². The van der Waals surface area contributed by atoms with Crippen LogP contribution in [0.4, 0.5) is 0 Å². The van der Waals surface area contributed by atoms with Crippen molar-refractivity contribution in [3.05, 3.63) is 115 Å². The van der Waals surface area contributed by atoms with E-state index in [-0.39, 0.29) is 78.5 Å². The van der Waals surface area contributed by atoms with Crippen molar-refractivity contribution >= 4 is 46.2 Å². The van der Waals surface area contributed by atoms with E-state index in [9.17, 15) is 19.2 Å². The van der Waals surface area contributed by atoms with Gasteiger partial charge in [0.1, 0.15) is 45.0 Å². The Morgan fingerprint density at radius 1 is 0.707 bits per heavy atom. The zero-order chi connectivity index (χ0) is 41.2. The van der Waals surface area contributed by atoms with Crippen molar-refractivity contribution < 1.29 is 32.7 Å². The summed E-state index contributed by atoms with van der Waals surface area (Å²) in [6, 6.07) is 19.3. The fourth-order valence-electron chi connectivity index (χ4n) is 5.42. The van der Waals surface area contributed by atoms with E-state index in [4.69, 9.17) is 18.8 Å². The number of oxazole rings is 2. The van der Waals surface area contributed by atoms with Crippen LogP contribution in [0.2, 0.25) is 0 Å². The molecule has 0 aliphatic rings. The van der Waals surface area contributed by atoms with Gasteiger partial charge in [0.25, 0.3) is 11.8 Å². The van der Waals surface area contributed by atoms with E-state index in [1.165, 1.54) is 29.8 Å². The number of carbonyl (C=O) groups excluding carboxylic acids is 4. The third-order valence-corrected chi connectivity index (χ3v) is 10.3. The highest BCUT2D eigenvalue weighted by Gasteiger charge is 2.27. The lowest BCUT2D eigenvalue weighted by atomic mass is 10.0. The molecule has 2 amide bonds. The summed E-state index contributed by atoms with van der Waals surface area (Å²) in [7, 11) is 1.29. The topological polar surface area (TPSA) is 203 Å². The highest BCUT2D eigenvalue weighted by molar-refractivity contribution is 7.10. The van der Waals surface area contributed by atoms with E-state index in [0.29, 0.717) is 34.0 Å². The number of carbonyl (C=O) groups is 4. The van der Waals surface area contributed by atoms with Gasteiger partial charge in [-0.1, -0.05) is 71.5 Å². The SMILES string of the molecule is C.COC(=O)c1nc(-c2csc([C@@H](NC(=O)c3ccccc3)C(C)C)n2)oc1C.Cc1oc(-c2csc([C@@H](NC(=O)c3ccccc3)C(C)C)n2)nc1C(=O)CC#N. The number of rotatable bonds is 13. The molecule has 4 aromatic heterocycles. The molecule has 14 nitrogen and oxygen atoms in total. The standard InChI is InChI=1S/C21H20N4O3S.C20H21N3O4S.CH4/c1-12(2)17(24-19(27)14-7-5-4-6-8-14)21-23-15(11-29-21)20-25-18(13(3)28-20)16(26)9-10-22;1-11(2)15(22-17(24)13-8-6-5-7-9-13)19-21-14(10-28-19)18-23-16(12(3)27-18)20(25)26-4;/h4-8,11-12,17H,9H2,1-3H3,(H,24,27);5-11,15H,1-4H3,(H,22,24);1H4/t17-;15-;/m00./s1. The number of hydrogen-bond acceptors (Lipinski definition) is 14. The number of methoxy groups -OCH3 is 1. The van der Waals surface area contributed by atoms with Crippen molar-refractivity contribution in [2.75, 3.05) is 7.11 Å². The van der Waals surface area contributed by atoms with Gasteiger partial charge in [-0.3, -0.25) is 14.4 Å². The number of nitriles is 1. The molecule has 6 aromatic rings. The number of esters is 1. The van der Waals surface area contributed by atoms with E-state index in [1.807, 2.05) is 70.2 Å². The number of nitrogens with one attached hydrogen (secondary N) is 2. The molecule has 0 radical (unpaired) electrons. The summed E-state index contributed by atoms with van der Waals surface area (Å²) in [6.07, 6.45) is -0.254. The monoisotopic (exact) mass is 823 g/mol. The molecule has 302 valence electrons. The highest BCUT2D eigenvalue weighted by atomic mass is 32.1. The molecule has 0 aliphatic carbocycles. The molecule has 0 unspecified atom stereocenters. The van der Waals surface area contributed by atoms with Crippen molar-refractivity contribution in [1.82, 2.24) is 30.6 Å². The lowest BCUT2D eigenvalue weighted by Crippen LogP contribution is -2.31. The van der Waals surface area contributed by atoms with Crippen molar-refractivity contribution in [3.8, 4) is 29.2 Å². The molecular weight excluding hydrogens is 779 g/mol. The van der Waals surface area contributed by atoms with Gasteiger partial charge in [-0.2, -0.15) is 5.26 Å². The summed E-state index contributed by atoms with van der Waals surface area (Å²) in [4.78, 5) is 66.4. The smallest absolute Gasteiger partial charge is 0.360 e. The molecule has 0 aliphatic heterocycles. The zero-order valence-electron chi connectivity index (χ0n) is 32.4. The Morgan fingerprint density at radius 3 is 1.52 bits per heavy atom. The van der Waals surface area contributed by atoms with Gasteiger partial charge in [0.2, 0.25) is 11.8 Å². The average Bonchev–Trinajstić information content (AvgIpc) is 4.03. The lowest BCUT2D eigenvalue weighted by Gasteiger charge is -2.20. The van der Waals surface area contributed by atoms with E-state index in [0.717, 1.165) is 10.0 Å². The molecule has 16 heteroatoms. The van der Waals surface area contributed by atoms with Gasteiger partial charge < -0.3 is 24.2 Å². The van der Waals surface area contributed by atoms with Crippen LogP contribution in [0.3, 0.4) is 0 Å². The van der Waals surface area contributed by atoms with Gasteiger partial charge in [0, 0.05) is 21.9 Å². The molecule has 6 rings (SSSR count). The van der Waals surface area contributed by atoms with Crippen LogP contribution in [0, 0.1) is 37.0 Å². The summed E-state index contributed by atoms with van der Waals surface area (Å²) in [5, 5.41) is 19.8. The number of benzene rings is 2. The van der Waals surface area contributed by atoms with E-state index in [2.05, 4.69) is 30.6 Å². The second-order valence-electron chi connectivity index (χ2n) is 13.4. The molecule has 0 bridgehead atoms. The van der Waals surface area contributed by atoms with Gasteiger partial charge in [-0.15, -0.1) is 22.7 Å². The van der Waals surface area contributed by atoms with Gasteiger partial charge >= 0.3 is 5.97 Å². The van der Waals surface area contributed by atoms with Crippen LogP contribution in [-0.4, -0.2) is 50.6 Å². The lowest BCUT2D eigenvalue weighted by molar-refractivity contribution is 0.0592. The molecule has 0 fully saturated rings. The minimum atomic E-state index is -0.557. The summed E-state index contributed by atoms with van der Waals surface area (Å²) >= 11 is 2.79. The number of nitrogens with zero attached hydrogens (tertiary/aromatic N) is 5. The number of ketones is 1. The second-order valence-corrected chi connectivity index (χ2v) is 15.1. The molecule has 58 heavy (non-hydrogen) atoms. The van der Waals surface area contributed by atoms with Crippen LogP contribution in [0.25, 0.3) is 23.2 Å². The second kappa shape index (κ2) is 20.2. The molecule has 2 N–H and O–H groups in total. The molecular formula is C42H45N7O7S2. The van der Waals surface area contributed by atoms with Gasteiger partial charge in [0.15, 0.2) is 11.5 Å². The maximum Gasteiger partial charge on any atom is 0.360 e. The quantitative estimate of drug-likeness (QED) is 0.0828. The predicted molar refractivity (Wildman–Crippen MR) is 220 cm³/mol. The van der Waals surface area contributed by atoms with Crippen LogP contribution in [0.15, 0.2) is 80.3 Å². The first-order chi connectivity index (χ1) is 27.3. The Morgan fingerprint density at radius 2 is 1.12 bits per heavy atom. The number of thiazole rings is 2. The minimum Gasteiger partial charge on any atom is -0.464 e.